The van der Waals surface area contributed by atoms with Gasteiger partial charge >= 0.3 is 5.97 Å². The van der Waals surface area contributed by atoms with E-state index < -0.39 is 5.97 Å². The van der Waals surface area contributed by atoms with Crippen molar-refractivity contribution in [1.82, 2.24) is 9.97 Å². The molecule has 1 aliphatic rings. The van der Waals surface area contributed by atoms with E-state index >= 15 is 0 Å². The van der Waals surface area contributed by atoms with Gasteiger partial charge in [-0.05, 0) is 55.5 Å². The predicted octanol–water partition coefficient (Wildman–Crippen LogP) is 3.47. The van der Waals surface area contributed by atoms with Gasteiger partial charge in [0.15, 0.2) is 12.4 Å². The lowest BCUT2D eigenvalue weighted by Crippen LogP contribution is -2.09. The normalized spacial score (nSPS) is 13.2. The van der Waals surface area contributed by atoms with Crippen LogP contribution in [-0.4, -0.2) is 21.8 Å². The number of thiophene rings is 1. The lowest BCUT2D eigenvalue weighted by Gasteiger charge is -2.11. The van der Waals surface area contributed by atoms with Gasteiger partial charge in [-0.25, -0.2) is 14.8 Å². The highest BCUT2D eigenvalue weighted by molar-refractivity contribution is 7.19. The second kappa shape index (κ2) is 7.55. The summed E-state index contributed by atoms with van der Waals surface area (Å²) in [4.78, 5) is 34.4. The summed E-state index contributed by atoms with van der Waals surface area (Å²) in [5, 5.41) is 3.61. The van der Waals surface area contributed by atoms with E-state index in [4.69, 9.17) is 10.5 Å². The van der Waals surface area contributed by atoms with Crippen molar-refractivity contribution in [3.63, 3.8) is 0 Å². The van der Waals surface area contributed by atoms with Crippen LogP contribution in [0.1, 0.15) is 46.4 Å². The van der Waals surface area contributed by atoms with Crippen molar-refractivity contribution in [2.75, 3.05) is 11.1 Å². The number of aromatic nitrogens is 2. The van der Waals surface area contributed by atoms with Gasteiger partial charge in [-0.2, -0.15) is 0 Å². The van der Waals surface area contributed by atoms with Crippen molar-refractivity contribution in [2.24, 2.45) is 0 Å². The van der Waals surface area contributed by atoms with E-state index in [0.29, 0.717) is 22.9 Å². The Hall–Kier alpha value is -3.00. The quantitative estimate of drug-likeness (QED) is 0.654. The van der Waals surface area contributed by atoms with E-state index in [2.05, 4.69) is 15.3 Å². The number of fused-ring (bicyclic) bond motifs is 3. The summed E-state index contributed by atoms with van der Waals surface area (Å²) in [5.41, 5.74) is 8.47. The molecule has 0 spiro atoms. The van der Waals surface area contributed by atoms with Crippen LogP contribution in [-0.2, 0) is 29.0 Å². The Morgan fingerprint density at radius 1 is 1.18 bits per heavy atom. The molecule has 28 heavy (non-hydrogen) atoms. The van der Waals surface area contributed by atoms with Crippen LogP contribution in [0, 0.1) is 0 Å². The number of nitrogens with two attached hydrogens (primary N) is 1. The number of esters is 1. The molecule has 144 valence electrons. The van der Waals surface area contributed by atoms with E-state index in [1.807, 2.05) is 0 Å². The minimum atomic E-state index is -0.484. The van der Waals surface area contributed by atoms with Crippen LogP contribution < -0.4 is 11.1 Å². The Labute approximate surface area is 165 Å². The minimum absolute atomic E-state index is 0.0466. The Morgan fingerprint density at radius 3 is 2.68 bits per heavy atom. The monoisotopic (exact) mass is 396 g/mol. The number of benzene rings is 1. The van der Waals surface area contributed by atoms with Crippen molar-refractivity contribution in [1.29, 1.82) is 0 Å². The molecule has 4 rings (SSSR count). The molecule has 2 heterocycles. The third kappa shape index (κ3) is 3.68. The predicted molar refractivity (Wildman–Crippen MR) is 108 cm³/mol. The molecule has 7 nitrogen and oxygen atoms in total. The maximum absolute atomic E-state index is 12.3. The SMILES string of the molecule is CC(=O)Nc1ccc(C(=O)OCc2nc(N)c3c4c(sc3n2)CCCC4)cc1. The number of hydrogen-bond acceptors (Lipinski definition) is 7. The first-order chi connectivity index (χ1) is 13.5. The fourth-order valence-electron chi connectivity index (χ4n) is 3.40. The van der Waals surface area contributed by atoms with Crippen LogP contribution >= 0.6 is 11.3 Å². The summed E-state index contributed by atoms with van der Waals surface area (Å²) in [7, 11) is 0. The number of ether oxygens (including phenoxy) is 1. The molecule has 2 aromatic heterocycles. The molecule has 0 bridgehead atoms. The van der Waals surface area contributed by atoms with Crippen molar-refractivity contribution in [2.45, 2.75) is 39.2 Å². The number of amides is 1. The highest BCUT2D eigenvalue weighted by Gasteiger charge is 2.20. The average molecular weight is 396 g/mol. The van der Waals surface area contributed by atoms with Crippen molar-refractivity contribution in [3.8, 4) is 0 Å². The van der Waals surface area contributed by atoms with Gasteiger partial charge in [-0.15, -0.1) is 11.3 Å². The summed E-state index contributed by atoms with van der Waals surface area (Å²) in [6, 6.07) is 6.49. The lowest BCUT2D eigenvalue weighted by atomic mass is 9.97. The number of nitrogens with one attached hydrogen (secondary N) is 1. The highest BCUT2D eigenvalue weighted by Crippen LogP contribution is 2.37. The van der Waals surface area contributed by atoms with Crippen LogP contribution in [0.2, 0.25) is 0 Å². The fourth-order valence-corrected chi connectivity index (χ4v) is 4.69. The smallest absolute Gasteiger partial charge is 0.338 e. The van der Waals surface area contributed by atoms with Gasteiger partial charge in [0.1, 0.15) is 10.6 Å². The molecule has 3 N–H and O–H groups in total. The van der Waals surface area contributed by atoms with Gasteiger partial charge in [0.2, 0.25) is 5.91 Å². The Kier molecular flexibility index (Phi) is 4.95. The Bertz CT molecular complexity index is 1060. The zero-order chi connectivity index (χ0) is 19.7. The molecular formula is C20H20N4O3S. The first kappa shape index (κ1) is 18.4. The highest BCUT2D eigenvalue weighted by atomic mass is 32.1. The van der Waals surface area contributed by atoms with Crippen molar-refractivity contribution < 1.29 is 14.3 Å². The number of rotatable bonds is 4. The van der Waals surface area contributed by atoms with E-state index in [1.54, 1.807) is 35.6 Å². The molecule has 1 amide bonds. The van der Waals surface area contributed by atoms with Gasteiger partial charge < -0.3 is 15.8 Å². The first-order valence-corrected chi connectivity index (χ1v) is 9.94. The summed E-state index contributed by atoms with van der Waals surface area (Å²) in [5.74, 6) is 0.194. The number of nitrogen functional groups attached to an aromatic ring is 1. The van der Waals surface area contributed by atoms with Gasteiger partial charge in [0.25, 0.3) is 0 Å². The molecule has 1 aliphatic carbocycles. The summed E-state index contributed by atoms with van der Waals surface area (Å²) in [6.45, 7) is 1.38. The van der Waals surface area contributed by atoms with Gasteiger partial charge in [0, 0.05) is 17.5 Å². The molecule has 0 saturated carbocycles. The summed E-state index contributed by atoms with van der Waals surface area (Å²) in [6.07, 6.45) is 4.44. The molecular weight excluding hydrogens is 376 g/mol. The third-order valence-corrected chi connectivity index (χ3v) is 5.85. The maximum Gasteiger partial charge on any atom is 0.338 e. The topological polar surface area (TPSA) is 107 Å². The molecule has 3 aromatic rings. The van der Waals surface area contributed by atoms with Crippen LogP contribution in [0.15, 0.2) is 24.3 Å². The molecule has 0 atom stereocenters. The number of carbonyl (C=O) groups is 2. The van der Waals surface area contributed by atoms with E-state index in [1.165, 1.54) is 30.2 Å². The summed E-state index contributed by atoms with van der Waals surface area (Å²) >= 11 is 1.66. The molecule has 0 fully saturated rings. The molecule has 0 radical (unpaired) electrons. The molecule has 0 unspecified atom stereocenters. The van der Waals surface area contributed by atoms with E-state index in [0.717, 1.165) is 23.1 Å². The zero-order valence-corrected chi connectivity index (χ0v) is 16.3. The molecule has 8 heteroatoms. The standard InChI is InChI=1S/C20H20N4O3S/c1-11(25)22-13-8-6-12(7-9-13)20(26)27-10-16-23-18(21)17-14-4-2-3-5-15(14)28-19(17)24-16/h6-9H,2-5,10H2,1H3,(H,22,25)(H2,21,23,24). The van der Waals surface area contributed by atoms with Crippen LogP contribution in [0.3, 0.4) is 0 Å². The van der Waals surface area contributed by atoms with Crippen molar-refractivity contribution in [3.05, 3.63) is 46.1 Å². The lowest BCUT2D eigenvalue weighted by molar-refractivity contribution is -0.114. The van der Waals surface area contributed by atoms with Crippen LogP contribution in [0.4, 0.5) is 11.5 Å². The largest absolute Gasteiger partial charge is 0.454 e. The zero-order valence-electron chi connectivity index (χ0n) is 15.4. The number of carbonyl (C=O) groups excluding carboxylic acids is 2. The van der Waals surface area contributed by atoms with Crippen molar-refractivity contribution >= 4 is 44.9 Å². The Balaban J connectivity index is 1.48. The first-order valence-electron chi connectivity index (χ1n) is 9.12. The average Bonchev–Trinajstić information content (AvgIpc) is 3.05. The van der Waals surface area contributed by atoms with Gasteiger partial charge in [0.05, 0.1) is 10.9 Å². The number of anilines is 2. The van der Waals surface area contributed by atoms with Gasteiger partial charge in [-0.3, -0.25) is 4.79 Å². The second-order valence-electron chi connectivity index (χ2n) is 6.75. The van der Waals surface area contributed by atoms with E-state index in [9.17, 15) is 9.59 Å². The molecule has 1 aromatic carbocycles. The summed E-state index contributed by atoms with van der Waals surface area (Å²) < 4.78 is 5.34. The molecule has 0 saturated heterocycles. The fraction of sp³-hybridized carbons (Fsp3) is 0.300. The van der Waals surface area contributed by atoms with E-state index in [-0.39, 0.29) is 12.5 Å². The second-order valence-corrected chi connectivity index (χ2v) is 7.83. The minimum Gasteiger partial charge on any atom is -0.454 e. The number of aryl methyl sites for hydroxylation is 2. The molecule has 0 aliphatic heterocycles. The Morgan fingerprint density at radius 2 is 1.93 bits per heavy atom. The third-order valence-electron chi connectivity index (χ3n) is 4.66. The maximum atomic E-state index is 12.3. The van der Waals surface area contributed by atoms with Crippen LogP contribution in [0.25, 0.3) is 10.2 Å². The number of nitrogens with zero attached hydrogens (tertiary/aromatic N) is 2. The number of hydrogen-bond donors (Lipinski definition) is 2. The van der Waals surface area contributed by atoms with Gasteiger partial charge in [-0.1, -0.05) is 0 Å². The van der Waals surface area contributed by atoms with Crippen LogP contribution in [0.5, 0.6) is 0 Å².